The number of carbonyl (C=O) groups excluding carboxylic acids is 2. The quantitative estimate of drug-likeness (QED) is 0.596. The number of nitrogens with zero attached hydrogens (tertiary/aromatic N) is 2. The van der Waals surface area contributed by atoms with Crippen molar-refractivity contribution in [3.63, 3.8) is 0 Å². The van der Waals surface area contributed by atoms with Crippen molar-refractivity contribution in [2.24, 2.45) is 0 Å². The third-order valence-corrected chi connectivity index (χ3v) is 6.44. The highest BCUT2D eigenvalue weighted by atomic mass is 32.2. The summed E-state index contributed by atoms with van der Waals surface area (Å²) in [6.45, 7) is 4.94. The highest BCUT2D eigenvalue weighted by Gasteiger charge is 2.22. The largest absolute Gasteiger partial charge is 0.495 e. The average molecular weight is 451 g/mol. The molecule has 2 rings (SSSR count). The first-order valence-corrected chi connectivity index (χ1v) is 11.0. The minimum Gasteiger partial charge on any atom is -0.495 e. The van der Waals surface area contributed by atoms with Gasteiger partial charge in [-0.3, -0.25) is 14.4 Å². The molecule has 11 heteroatoms. The van der Waals surface area contributed by atoms with Crippen LogP contribution in [0.2, 0.25) is 0 Å². The summed E-state index contributed by atoms with van der Waals surface area (Å²) in [5.41, 5.74) is 0.222. The number of carbonyl (C=O) groups is 2. The molecule has 1 heterocycles. The van der Waals surface area contributed by atoms with E-state index in [-0.39, 0.29) is 23.9 Å². The third kappa shape index (κ3) is 5.92. The Hall–Kier alpha value is -3.18. The van der Waals surface area contributed by atoms with Gasteiger partial charge in [-0.05, 0) is 24.3 Å². The summed E-state index contributed by atoms with van der Waals surface area (Å²) in [6, 6.07) is 7.04. The van der Waals surface area contributed by atoms with Crippen molar-refractivity contribution in [3.8, 4) is 5.75 Å². The molecule has 0 aliphatic carbocycles. The third-order valence-electron chi connectivity index (χ3n) is 4.41. The van der Waals surface area contributed by atoms with Gasteiger partial charge in [-0.15, -0.1) is 0 Å². The molecule has 2 N–H and O–H groups in total. The van der Waals surface area contributed by atoms with Gasteiger partial charge < -0.3 is 19.9 Å². The number of sulfonamides is 1. The Morgan fingerprint density at radius 1 is 1.10 bits per heavy atom. The van der Waals surface area contributed by atoms with Crippen LogP contribution in [0.25, 0.3) is 0 Å². The fourth-order valence-corrected chi connectivity index (χ4v) is 4.41. The topological polar surface area (TPSA) is 127 Å². The Labute approximate surface area is 180 Å². The maximum absolute atomic E-state index is 12.7. The lowest BCUT2D eigenvalue weighted by Crippen LogP contribution is -2.33. The summed E-state index contributed by atoms with van der Waals surface area (Å²) in [4.78, 5) is 36.0. The molecule has 0 aliphatic rings. The van der Waals surface area contributed by atoms with E-state index in [0.717, 1.165) is 16.8 Å². The van der Waals surface area contributed by atoms with Gasteiger partial charge in [0.1, 0.15) is 12.3 Å². The van der Waals surface area contributed by atoms with Crippen LogP contribution in [0.1, 0.15) is 20.8 Å². The lowest BCUT2D eigenvalue weighted by molar-refractivity contribution is -0.117. The predicted octanol–water partition coefficient (Wildman–Crippen LogP) is 1.48. The van der Waals surface area contributed by atoms with Gasteiger partial charge in [0.05, 0.1) is 17.7 Å². The van der Waals surface area contributed by atoms with Crippen molar-refractivity contribution in [1.29, 1.82) is 0 Å². The van der Waals surface area contributed by atoms with Crippen LogP contribution < -0.4 is 20.9 Å². The summed E-state index contributed by atoms with van der Waals surface area (Å²) in [7, 11) is -2.36. The normalized spacial score (nSPS) is 11.3. The summed E-state index contributed by atoms with van der Waals surface area (Å²) < 4.78 is 32.9. The zero-order chi connectivity index (χ0) is 23.2. The van der Waals surface area contributed by atoms with Gasteiger partial charge in [-0.25, -0.2) is 8.42 Å². The van der Waals surface area contributed by atoms with Gasteiger partial charge in [-0.1, -0.05) is 13.8 Å². The Morgan fingerprint density at radius 2 is 1.77 bits per heavy atom. The molecule has 1 aromatic heterocycles. The van der Waals surface area contributed by atoms with Gasteiger partial charge in [0.15, 0.2) is 0 Å². The van der Waals surface area contributed by atoms with Gasteiger partial charge in [0.25, 0.3) is 5.56 Å². The SMILES string of the molecule is CCN(CC)S(=O)(=O)c1ccc(=O)n(CC(=O)Nc2cc(NC(C)=O)ccc2OC)c1. The number of amides is 2. The summed E-state index contributed by atoms with van der Waals surface area (Å²) in [6.07, 6.45) is 1.15. The highest BCUT2D eigenvalue weighted by Crippen LogP contribution is 2.28. The second kappa shape index (κ2) is 10.2. The van der Waals surface area contributed by atoms with Crippen molar-refractivity contribution in [3.05, 3.63) is 46.9 Å². The maximum atomic E-state index is 12.7. The number of rotatable bonds is 9. The molecule has 0 saturated heterocycles. The Balaban J connectivity index is 2.29. The first-order chi connectivity index (χ1) is 14.6. The fourth-order valence-electron chi connectivity index (χ4n) is 2.93. The molecule has 2 amide bonds. The lowest BCUT2D eigenvalue weighted by Gasteiger charge is -2.19. The van der Waals surface area contributed by atoms with Gasteiger partial charge in [0, 0.05) is 38.0 Å². The van der Waals surface area contributed by atoms with Crippen molar-refractivity contribution in [1.82, 2.24) is 8.87 Å². The van der Waals surface area contributed by atoms with Crippen molar-refractivity contribution in [2.45, 2.75) is 32.2 Å². The zero-order valence-electron chi connectivity index (χ0n) is 17.8. The molecule has 0 fully saturated rings. The van der Waals surface area contributed by atoms with E-state index in [1.807, 2.05) is 0 Å². The van der Waals surface area contributed by atoms with Crippen molar-refractivity contribution >= 4 is 33.2 Å². The van der Waals surface area contributed by atoms with Crippen LogP contribution in [-0.4, -0.2) is 49.3 Å². The minimum atomic E-state index is -3.78. The van der Waals surface area contributed by atoms with Gasteiger partial charge in [-0.2, -0.15) is 4.31 Å². The molecule has 2 aromatic rings. The summed E-state index contributed by atoms with van der Waals surface area (Å²) >= 11 is 0. The second-order valence-corrected chi connectivity index (χ2v) is 8.50. The molecule has 0 radical (unpaired) electrons. The van der Waals surface area contributed by atoms with Crippen molar-refractivity contribution < 1.29 is 22.7 Å². The zero-order valence-corrected chi connectivity index (χ0v) is 18.7. The molecule has 0 spiro atoms. The minimum absolute atomic E-state index is 0.0752. The first kappa shape index (κ1) is 24.1. The van der Waals surface area contributed by atoms with E-state index in [9.17, 15) is 22.8 Å². The molecular weight excluding hydrogens is 424 g/mol. The molecule has 0 aliphatic heterocycles. The molecular formula is C20H26N4O6S. The maximum Gasteiger partial charge on any atom is 0.251 e. The van der Waals surface area contributed by atoms with E-state index >= 15 is 0 Å². The van der Waals surface area contributed by atoms with Crippen LogP contribution in [0, 0.1) is 0 Å². The Kier molecular flexibility index (Phi) is 7.95. The van der Waals surface area contributed by atoms with E-state index in [4.69, 9.17) is 4.74 Å². The summed E-state index contributed by atoms with van der Waals surface area (Å²) in [5.74, 6) is -0.495. The summed E-state index contributed by atoms with van der Waals surface area (Å²) in [5, 5.41) is 5.22. The molecule has 168 valence electrons. The van der Waals surface area contributed by atoms with Crippen LogP contribution >= 0.6 is 0 Å². The number of anilines is 2. The van der Waals surface area contributed by atoms with Crippen LogP contribution in [0.3, 0.4) is 0 Å². The smallest absolute Gasteiger partial charge is 0.251 e. The second-order valence-electron chi connectivity index (χ2n) is 6.56. The molecule has 1 aromatic carbocycles. The standard InChI is InChI=1S/C20H26N4O6S/c1-5-24(6-2)31(28,29)16-8-10-20(27)23(12-16)13-19(26)22-17-11-15(21-14(3)25)7-9-18(17)30-4/h7-12H,5-6,13H2,1-4H3,(H,21,25)(H,22,26). The Morgan fingerprint density at radius 3 is 2.35 bits per heavy atom. The van der Waals surface area contributed by atoms with E-state index in [1.165, 1.54) is 30.5 Å². The molecule has 31 heavy (non-hydrogen) atoms. The van der Waals surface area contributed by atoms with Crippen LogP contribution in [0.4, 0.5) is 11.4 Å². The lowest BCUT2D eigenvalue weighted by atomic mass is 10.2. The fraction of sp³-hybridized carbons (Fsp3) is 0.350. The molecule has 0 saturated carbocycles. The molecule has 0 unspecified atom stereocenters. The number of hydrogen-bond acceptors (Lipinski definition) is 6. The van der Waals surface area contributed by atoms with Crippen LogP contribution in [-0.2, 0) is 26.2 Å². The first-order valence-electron chi connectivity index (χ1n) is 9.58. The Bertz CT molecular complexity index is 1120. The van der Waals surface area contributed by atoms with E-state index in [1.54, 1.807) is 26.0 Å². The number of aromatic nitrogens is 1. The number of benzene rings is 1. The van der Waals surface area contributed by atoms with Crippen LogP contribution in [0.5, 0.6) is 5.75 Å². The molecule has 10 nitrogen and oxygen atoms in total. The van der Waals surface area contributed by atoms with Gasteiger partial charge in [0.2, 0.25) is 21.8 Å². The van der Waals surface area contributed by atoms with E-state index in [0.29, 0.717) is 17.1 Å². The monoisotopic (exact) mass is 450 g/mol. The number of hydrogen-bond donors (Lipinski definition) is 2. The number of methoxy groups -OCH3 is 1. The average Bonchev–Trinajstić information content (AvgIpc) is 2.70. The molecule has 0 atom stereocenters. The number of nitrogens with one attached hydrogen (secondary N) is 2. The van der Waals surface area contributed by atoms with Gasteiger partial charge >= 0.3 is 0 Å². The highest BCUT2D eigenvalue weighted by molar-refractivity contribution is 7.89. The van der Waals surface area contributed by atoms with Crippen molar-refractivity contribution in [2.75, 3.05) is 30.8 Å². The predicted molar refractivity (Wildman–Crippen MR) is 117 cm³/mol. The van der Waals surface area contributed by atoms with Crippen LogP contribution in [0.15, 0.2) is 46.2 Å². The van der Waals surface area contributed by atoms with E-state index < -0.39 is 28.0 Å². The number of ether oxygens (including phenoxy) is 1. The number of pyridine rings is 1. The van der Waals surface area contributed by atoms with E-state index in [2.05, 4.69) is 10.6 Å². The molecule has 0 bridgehead atoms.